The second kappa shape index (κ2) is 10.4. The number of carbonyl (C=O) groups is 1. The van der Waals surface area contributed by atoms with Gasteiger partial charge in [0.1, 0.15) is 0 Å². The van der Waals surface area contributed by atoms with Crippen LogP contribution in [0.2, 0.25) is 0 Å². The normalized spacial score (nSPS) is 15.8. The van der Waals surface area contributed by atoms with Gasteiger partial charge in [0.15, 0.2) is 0 Å². The summed E-state index contributed by atoms with van der Waals surface area (Å²) in [6, 6.07) is 8.51. The molecule has 0 unspecified atom stereocenters. The van der Waals surface area contributed by atoms with E-state index < -0.39 is 0 Å². The Hall–Kier alpha value is -3.92. The van der Waals surface area contributed by atoms with E-state index in [-0.39, 0.29) is 29.0 Å². The van der Waals surface area contributed by atoms with E-state index in [2.05, 4.69) is 63.0 Å². The van der Waals surface area contributed by atoms with Gasteiger partial charge < -0.3 is 15.1 Å². The van der Waals surface area contributed by atoms with Gasteiger partial charge in [-0.15, -0.1) is 10.2 Å². The van der Waals surface area contributed by atoms with E-state index in [1.165, 1.54) is 0 Å². The Morgan fingerprint density at radius 3 is 2.82 bits per heavy atom. The summed E-state index contributed by atoms with van der Waals surface area (Å²) in [7, 11) is 0. The number of Topliss-reactive ketones (excluding diaryl/α,β-unsaturated/α-hetero) is 1. The minimum Gasteiger partial charge on any atom is -0.418 e. The van der Waals surface area contributed by atoms with Crippen LogP contribution in [-0.2, 0) is 12.0 Å². The molecule has 0 bridgehead atoms. The van der Waals surface area contributed by atoms with E-state index in [0.29, 0.717) is 18.3 Å². The minimum absolute atomic E-state index is 0.0617. The molecule has 0 aliphatic carbocycles. The maximum Gasteiger partial charge on any atom is 0.284 e. The Bertz CT molecular complexity index is 1430. The number of hydrogen-bond acceptors (Lipinski definition) is 9. The van der Waals surface area contributed by atoms with Gasteiger partial charge in [-0.3, -0.25) is 9.48 Å². The highest BCUT2D eigenvalue weighted by molar-refractivity contribution is 5.92. The zero-order valence-corrected chi connectivity index (χ0v) is 22.5. The number of anilines is 2. The van der Waals surface area contributed by atoms with Gasteiger partial charge in [0.2, 0.25) is 17.6 Å². The highest BCUT2D eigenvalue weighted by atomic mass is 16.4. The summed E-state index contributed by atoms with van der Waals surface area (Å²) in [5, 5.41) is 19.2. The minimum atomic E-state index is -0.298. The Morgan fingerprint density at radius 2 is 2.08 bits per heavy atom. The zero-order valence-electron chi connectivity index (χ0n) is 22.5. The molecule has 0 saturated carbocycles. The number of benzene rings is 1. The average Bonchev–Trinajstić information content (AvgIpc) is 3.52. The lowest BCUT2D eigenvalue weighted by Crippen LogP contribution is -2.13. The number of fused-ring (bicyclic) bond motifs is 1. The number of rotatable bonds is 7. The van der Waals surface area contributed by atoms with E-state index in [9.17, 15) is 4.79 Å². The van der Waals surface area contributed by atoms with Crippen molar-refractivity contribution in [2.45, 2.75) is 71.4 Å². The summed E-state index contributed by atoms with van der Waals surface area (Å²) < 4.78 is 7.59. The first-order chi connectivity index (χ1) is 18.2. The fraction of sp³-hybridized carbons (Fsp3) is 0.429. The molecule has 4 heterocycles. The largest absolute Gasteiger partial charge is 0.418 e. The average molecular weight is 515 g/mol. The third-order valence-corrected chi connectivity index (χ3v) is 6.64. The molecule has 3 aromatic heterocycles. The predicted molar refractivity (Wildman–Crippen MR) is 144 cm³/mol. The van der Waals surface area contributed by atoms with Crippen molar-refractivity contribution in [2.24, 2.45) is 0 Å². The molecule has 1 aliphatic rings. The fourth-order valence-corrected chi connectivity index (χ4v) is 4.53. The number of aromatic nitrogens is 6. The van der Waals surface area contributed by atoms with Gasteiger partial charge in [-0.2, -0.15) is 5.10 Å². The van der Waals surface area contributed by atoms with Crippen LogP contribution in [0.5, 0.6) is 0 Å². The quantitative estimate of drug-likeness (QED) is 0.320. The van der Waals surface area contributed by atoms with Crippen molar-refractivity contribution in [1.29, 1.82) is 0 Å². The van der Waals surface area contributed by atoms with E-state index in [4.69, 9.17) is 9.40 Å². The van der Waals surface area contributed by atoms with Crippen LogP contribution in [0, 0.1) is 0 Å². The molecule has 0 amide bonds. The molecule has 10 heteroatoms. The fourth-order valence-electron chi connectivity index (χ4n) is 4.53. The Kier molecular flexibility index (Phi) is 7.07. The Morgan fingerprint density at radius 1 is 1.24 bits per heavy atom. The lowest BCUT2D eigenvalue weighted by Gasteiger charge is -2.17. The second-order valence-electron chi connectivity index (χ2n) is 11.1. The first-order valence-corrected chi connectivity index (χ1v) is 13.0. The maximum atomic E-state index is 13.0. The molecule has 38 heavy (non-hydrogen) atoms. The van der Waals surface area contributed by atoms with Crippen LogP contribution in [0.3, 0.4) is 0 Å². The first kappa shape index (κ1) is 25.7. The molecule has 5 rings (SSSR count). The molecule has 2 N–H and O–H groups in total. The van der Waals surface area contributed by atoms with E-state index in [1.54, 1.807) is 12.4 Å². The standard InChI is InChI=1S/C28H34N8O2/c1-17(2)36-16-21(15-31-36)32-27-30-11-9-23(33-27)19-6-7-22-18(8-10-29-14-20(22)12-19)13-24(37)25-34-35-26(38-25)28(3,4)5/h6-7,9,11-12,15-18,29H,8,10,13-14H2,1-5H3,(H,30,32,33)/t18-/m0/s1. The molecule has 198 valence electrons. The van der Waals surface area contributed by atoms with Crippen LogP contribution in [-0.4, -0.2) is 42.3 Å². The molecule has 10 nitrogen and oxygen atoms in total. The van der Waals surface area contributed by atoms with Crippen LogP contribution >= 0.6 is 0 Å². The van der Waals surface area contributed by atoms with Crippen LogP contribution in [0.25, 0.3) is 11.3 Å². The second-order valence-corrected chi connectivity index (χ2v) is 11.1. The SMILES string of the molecule is CC(C)n1cc(Nc2nccc(-c3ccc4c(c3)CNCC[C@H]4CC(=O)c3nnc(C(C)(C)C)o3)n2)cn1. The molecule has 0 fully saturated rings. The Labute approximate surface area is 222 Å². The number of nitrogens with zero attached hydrogens (tertiary/aromatic N) is 6. The number of hydrogen-bond donors (Lipinski definition) is 2. The van der Waals surface area contributed by atoms with Crippen molar-refractivity contribution < 1.29 is 9.21 Å². The lowest BCUT2D eigenvalue weighted by molar-refractivity contribution is 0.0935. The van der Waals surface area contributed by atoms with E-state index in [1.807, 2.05) is 37.7 Å². The molecule has 1 aromatic carbocycles. The van der Waals surface area contributed by atoms with Crippen LogP contribution in [0.1, 0.15) is 87.1 Å². The molecule has 4 aromatic rings. The lowest BCUT2D eigenvalue weighted by atomic mass is 9.87. The van der Waals surface area contributed by atoms with Crippen molar-refractivity contribution >= 4 is 17.4 Å². The summed E-state index contributed by atoms with van der Waals surface area (Å²) in [6.45, 7) is 11.7. The van der Waals surface area contributed by atoms with Gasteiger partial charge in [0.25, 0.3) is 5.89 Å². The predicted octanol–water partition coefficient (Wildman–Crippen LogP) is 5.20. The monoisotopic (exact) mass is 514 g/mol. The molecular formula is C28H34N8O2. The summed E-state index contributed by atoms with van der Waals surface area (Å²) >= 11 is 0. The van der Waals surface area contributed by atoms with E-state index in [0.717, 1.165) is 47.6 Å². The van der Waals surface area contributed by atoms with Crippen LogP contribution < -0.4 is 10.6 Å². The van der Waals surface area contributed by atoms with Gasteiger partial charge in [-0.05, 0) is 56.0 Å². The number of nitrogens with one attached hydrogen (secondary N) is 2. The van der Waals surface area contributed by atoms with Gasteiger partial charge in [-0.1, -0.05) is 32.9 Å². The highest BCUT2D eigenvalue weighted by Gasteiger charge is 2.27. The van der Waals surface area contributed by atoms with Gasteiger partial charge in [0, 0.05) is 42.4 Å². The first-order valence-electron chi connectivity index (χ1n) is 13.0. The summed E-state index contributed by atoms with van der Waals surface area (Å²) in [5.74, 6) is 1.01. The molecule has 0 spiro atoms. The molecular weight excluding hydrogens is 480 g/mol. The van der Waals surface area contributed by atoms with Crippen molar-refractivity contribution in [3.63, 3.8) is 0 Å². The smallest absolute Gasteiger partial charge is 0.284 e. The van der Waals surface area contributed by atoms with Gasteiger partial charge in [0.05, 0.1) is 17.6 Å². The van der Waals surface area contributed by atoms with Crippen LogP contribution in [0.15, 0.2) is 47.3 Å². The van der Waals surface area contributed by atoms with Crippen LogP contribution in [0.4, 0.5) is 11.6 Å². The highest BCUT2D eigenvalue weighted by Crippen LogP contribution is 2.33. The molecule has 0 radical (unpaired) electrons. The van der Waals surface area contributed by atoms with Crippen molar-refractivity contribution in [1.82, 2.24) is 35.3 Å². The molecule has 0 saturated heterocycles. The van der Waals surface area contributed by atoms with Gasteiger partial charge in [-0.25, -0.2) is 9.97 Å². The van der Waals surface area contributed by atoms with E-state index >= 15 is 0 Å². The third kappa shape index (κ3) is 5.65. The summed E-state index contributed by atoms with van der Waals surface area (Å²) in [4.78, 5) is 22.2. The molecule has 1 aliphatic heterocycles. The third-order valence-electron chi connectivity index (χ3n) is 6.64. The molecule has 1 atom stereocenters. The van der Waals surface area contributed by atoms with Gasteiger partial charge >= 0.3 is 0 Å². The number of ketones is 1. The number of carbonyl (C=O) groups excluding carboxylic acids is 1. The zero-order chi connectivity index (χ0) is 26.9. The summed E-state index contributed by atoms with van der Waals surface area (Å²) in [6.07, 6.45) is 6.63. The van der Waals surface area contributed by atoms with Crippen molar-refractivity contribution in [3.8, 4) is 11.3 Å². The maximum absolute atomic E-state index is 13.0. The Balaban J connectivity index is 1.35. The summed E-state index contributed by atoms with van der Waals surface area (Å²) in [5.41, 5.74) is 4.67. The topological polar surface area (TPSA) is 124 Å². The van der Waals surface area contributed by atoms with Crippen molar-refractivity contribution in [3.05, 3.63) is 65.8 Å². The van der Waals surface area contributed by atoms with Crippen molar-refractivity contribution in [2.75, 3.05) is 11.9 Å².